The van der Waals surface area contributed by atoms with Crippen molar-refractivity contribution in [3.8, 4) is 0 Å². The number of aromatic nitrogens is 1. The van der Waals surface area contributed by atoms with Crippen LogP contribution in [0.5, 0.6) is 0 Å². The van der Waals surface area contributed by atoms with Gasteiger partial charge >= 0.3 is 0 Å². The summed E-state index contributed by atoms with van der Waals surface area (Å²) in [5, 5.41) is 1.31. The maximum atomic E-state index is 6.25. The maximum Gasteiger partial charge on any atom is 0.150 e. The molecule has 100 valence electrons. The molecular weight excluding hydrogens is 291 g/mol. The van der Waals surface area contributed by atoms with Crippen molar-refractivity contribution in [2.24, 2.45) is 0 Å². The Bertz CT molecular complexity index is 417. The fraction of sp³-hybridized carbons (Fsp3) is 0.615. The molecule has 1 aliphatic rings. The van der Waals surface area contributed by atoms with E-state index in [2.05, 4.69) is 16.8 Å². The lowest BCUT2D eigenvalue weighted by atomic mass is 9.94. The van der Waals surface area contributed by atoms with Gasteiger partial charge in [0.25, 0.3) is 0 Å². The number of hydrogen-bond donors (Lipinski definition) is 0. The average molecular weight is 308 g/mol. The van der Waals surface area contributed by atoms with Crippen LogP contribution in [0.15, 0.2) is 6.07 Å². The van der Waals surface area contributed by atoms with E-state index in [-0.39, 0.29) is 0 Å². The van der Waals surface area contributed by atoms with Crippen LogP contribution in [0.2, 0.25) is 15.2 Å². The zero-order valence-electron chi connectivity index (χ0n) is 10.4. The number of halogens is 3. The SMILES string of the molecule is CCN(c1nc(Cl)c(Cl)cc1Cl)C1CCCCC1. The minimum Gasteiger partial charge on any atom is -0.353 e. The first-order chi connectivity index (χ1) is 8.63. The number of nitrogens with zero attached hydrogens (tertiary/aromatic N) is 2. The summed E-state index contributed by atoms with van der Waals surface area (Å²) in [6, 6.07) is 2.20. The van der Waals surface area contributed by atoms with Crippen molar-refractivity contribution < 1.29 is 0 Å². The van der Waals surface area contributed by atoms with Crippen molar-refractivity contribution in [1.29, 1.82) is 0 Å². The van der Waals surface area contributed by atoms with Crippen LogP contribution >= 0.6 is 34.8 Å². The van der Waals surface area contributed by atoms with Gasteiger partial charge < -0.3 is 4.90 Å². The molecule has 1 aliphatic carbocycles. The topological polar surface area (TPSA) is 16.1 Å². The number of hydrogen-bond acceptors (Lipinski definition) is 2. The predicted molar refractivity (Wildman–Crippen MR) is 79.2 cm³/mol. The molecule has 0 aromatic carbocycles. The van der Waals surface area contributed by atoms with Crippen LogP contribution in [-0.4, -0.2) is 17.6 Å². The van der Waals surface area contributed by atoms with E-state index in [1.807, 2.05) is 0 Å². The summed E-state index contributed by atoms with van der Waals surface area (Å²) in [7, 11) is 0. The van der Waals surface area contributed by atoms with Gasteiger partial charge in [0.05, 0.1) is 10.0 Å². The van der Waals surface area contributed by atoms with Gasteiger partial charge in [0.15, 0.2) is 0 Å². The van der Waals surface area contributed by atoms with Gasteiger partial charge in [0.1, 0.15) is 11.0 Å². The molecule has 0 radical (unpaired) electrons. The second-order valence-electron chi connectivity index (χ2n) is 4.64. The first kappa shape index (κ1) is 14.2. The van der Waals surface area contributed by atoms with Gasteiger partial charge in [0, 0.05) is 12.6 Å². The van der Waals surface area contributed by atoms with E-state index in [0.29, 0.717) is 21.2 Å². The normalized spacial score (nSPS) is 16.9. The molecule has 0 unspecified atom stereocenters. The van der Waals surface area contributed by atoms with Crippen LogP contribution in [0.1, 0.15) is 39.0 Å². The second kappa shape index (κ2) is 6.31. The first-order valence-corrected chi connectivity index (χ1v) is 7.55. The molecule has 0 amide bonds. The Morgan fingerprint density at radius 3 is 2.44 bits per heavy atom. The third kappa shape index (κ3) is 3.04. The lowest BCUT2D eigenvalue weighted by molar-refractivity contribution is 0.416. The summed E-state index contributed by atoms with van der Waals surface area (Å²) < 4.78 is 0. The van der Waals surface area contributed by atoms with Crippen LogP contribution in [-0.2, 0) is 0 Å². The van der Waals surface area contributed by atoms with Crippen molar-refractivity contribution in [2.45, 2.75) is 45.1 Å². The molecule has 1 fully saturated rings. The van der Waals surface area contributed by atoms with Crippen LogP contribution in [0.3, 0.4) is 0 Å². The molecule has 1 aromatic rings. The Balaban J connectivity index is 2.28. The van der Waals surface area contributed by atoms with Crippen molar-refractivity contribution in [3.63, 3.8) is 0 Å². The zero-order chi connectivity index (χ0) is 13.1. The second-order valence-corrected chi connectivity index (χ2v) is 5.82. The largest absolute Gasteiger partial charge is 0.353 e. The fourth-order valence-electron chi connectivity index (χ4n) is 2.61. The van der Waals surface area contributed by atoms with Gasteiger partial charge in [-0.2, -0.15) is 0 Å². The van der Waals surface area contributed by atoms with E-state index in [1.165, 1.54) is 32.1 Å². The van der Waals surface area contributed by atoms with Gasteiger partial charge in [-0.1, -0.05) is 54.1 Å². The molecule has 0 spiro atoms. The molecular formula is C13H17Cl3N2. The Hall–Kier alpha value is -0.180. The minimum absolute atomic E-state index is 0.324. The van der Waals surface area contributed by atoms with Crippen LogP contribution < -0.4 is 4.90 Å². The molecule has 0 saturated heterocycles. The molecule has 1 aromatic heterocycles. The highest BCUT2D eigenvalue weighted by Crippen LogP contribution is 2.34. The van der Waals surface area contributed by atoms with E-state index in [4.69, 9.17) is 34.8 Å². The molecule has 2 nitrogen and oxygen atoms in total. The first-order valence-electron chi connectivity index (χ1n) is 6.41. The highest BCUT2D eigenvalue weighted by atomic mass is 35.5. The monoisotopic (exact) mass is 306 g/mol. The minimum atomic E-state index is 0.324. The van der Waals surface area contributed by atoms with Crippen molar-refractivity contribution in [3.05, 3.63) is 21.3 Å². The quantitative estimate of drug-likeness (QED) is 0.713. The van der Waals surface area contributed by atoms with Gasteiger partial charge in [-0.05, 0) is 25.8 Å². The van der Waals surface area contributed by atoms with E-state index < -0.39 is 0 Å². The van der Waals surface area contributed by atoms with Crippen LogP contribution in [0.4, 0.5) is 5.82 Å². The smallest absolute Gasteiger partial charge is 0.150 e. The third-order valence-corrected chi connectivity index (χ3v) is 4.45. The highest BCUT2D eigenvalue weighted by Gasteiger charge is 2.23. The van der Waals surface area contributed by atoms with E-state index in [1.54, 1.807) is 6.07 Å². The molecule has 0 bridgehead atoms. The summed E-state index contributed by atoms with van der Waals surface area (Å²) in [4.78, 5) is 6.60. The summed E-state index contributed by atoms with van der Waals surface area (Å²) in [5.74, 6) is 0.764. The van der Waals surface area contributed by atoms with Crippen LogP contribution in [0.25, 0.3) is 0 Å². The Morgan fingerprint density at radius 1 is 1.17 bits per heavy atom. The lowest BCUT2D eigenvalue weighted by Gasteiger charge is -2.35. The predicted octanol–water partition coefficient (Wildman–Crippen LogP) is 5.20. The Morgan fingerprint density at radius 2 is 1.83 bits per heavy atom. The van der Waals surface area contributed by atoms with Crippen molar-refractivity contribution in [2.75, 3.05) is 11.4 Å². The standard InChI is InChI=1S/C13H17Cl3N2/c1-2-18(9-6-4-3-5-7-9)13-11(15)8-10(14)12(16)17-13/h8-9H,2-7H2,1H3. The number of pyridine rings is 1. The molecule has 1 heterocycles. The van der Waals surface area contributed by atoms with Gasteiger partial charge in [-0.15, -0.1) is 0 Å². The average Bonchev–Trinajstić information content (AvgIpc) is 2.38. The number of rotatable bonds is 3. The summed E-state index contributed by atoms with van der Waals surface area (Å²) in [6.07, 6.45) is 6.29. The molecule has 5 heteroatoms. The van der Waals surface area contributed by atoms with Gasteiger partial charge in [0.2, 0.25) is 0 Å². The molecule has 18 heavy (non-hydrogen) atoms. The van der Waals surface area contributed by atoms with Crippen LogP contribution in [0, 0.1) is 0 Å². The molecule has 2 rings (SSSR count). The zero-order valence-corrected chi connectivity index (χ0v) is 12.7. The number of anilines is 1. The van der Waals surface area contributed by atoms with Gasteiger partial charge in [-0.25, -0.2) is 4.98 Å². The lowest BCUT2D eigenvalue weighted by Crippen LogP contribution is -2.37. The fourth-order valence-corrected chi connectivity index (χ4v) is 3.21. The molecule has 0 atom stereocenters. The van der Waals surface area contributed by atoms with Crippen molar-refractivity contribution in [1.82, 2.24) is 4.98 Å². The molecule has 1 saturated carbocycles. The van der Waals surface area contributed by atoms with E-state index in [0.717, 1.165) is 12.4 Å². The Kier molecular flexibility index (Phi) is 4.99. The third-order valence-electron chi connectivity index (χ3n) is 3.50. The summed E-state index contributed by atoms with van der Waals surface area (Å²) in [6.45, 7) is 3.00. The van der Waals surface area contributed by atoms with E-state index >= 15 is 0 Å². The Labute approximate surface area is 123 Å². The maximum absolute atomic E-state index is 6.25. The summed E-state index contributed by atoms with van der Waals surface area (Å²) >= 11 is 18.2. The highest BCUT2D eigenvalue weighted by molar-refractivity contribution is 6.42. The summed E-state index contributed by atoms with van der Waals surface area (Å²) in [5.41, 5.74) is 0. The van der Waals surface area contributed by atoms with Crippen molar-refractivity contribution >= 4 is 40.6 Å². The van der Waals surface area contributed by atoms with Gasteiger partial charge in [-0.3, -0.25) is 0 Å². The molecule has 0 N–H and O–H groups in total. The molecule has 0 aliphatic heterocycles. The van der Waals surface area contributed by atoms with E-state index in [9.17, 15) is 0 Å².